The third kappa shape index (κ3) is 3.91. The molecule has 0 saturated heterocycles. The van der Waals surface area contributed by atoms with Gasteiger partial charge in [0.1, 0.15) is 11.6 Å². The normalized spacial score (nSPS) is 10.5. The molecule has 0 aliphatic heterocycles. The minimum Gasteiger partial charge on any atom is -0.339 e. The quantitative estimate of drug-likeness (QED) is 0.685. The Balaban J connectivity index is 1.94. The van der Waals surface area contributed by atoms with E-state index in [-0.39, 0.29) is 5.56 Å². The number of anilines is 1. The van der Waals surface area contributed by atoms with Gasteiger partial charge in [-0.15, -0.1) is 0 Å². The maximum Gasteiger partial charge on any atom is 0.355 e. The fraction of sp³-hybridized carbons (Fsp3) is 0. The molecule has 2 aromatic carbocycles. The van der Waals surface area contributed by atoms with Gasteiger partial charge >= 0.3 is 5.97 Å². The Bertz CT molecular complexity index is 627. The van der Waals surface area contributed by atoms with Crippen LogP contribution in [-0.2, 0) is 9.63 Å². The van der Waals surface area contributed by atoms with Crippen LogP contribution in [0.5, 0.6) is 0 Å². The summed E-state index contributed by atoms with van der Waals surface area (Å²) in [6, 6.07) is 11.8. The van der Waals surface area contributed by atoms with Gasteiger partial charge < -0.3 is 4.84 Å². The first-order valence-corrected chi connectivity index (χ1v) is 5.80. The molecule has 0 aliphatic rings. The molecular weight excluding hydrogens is 264 g/mol. The Morgan fingerprint density at radius 2 is 1.85 bits per heavy atom. The van der Waals surface area contributed by atoms with Gasteiger partial charge in [-0.3, -0.25) is 0 Å². The smallest absolute Gasteiger partial charge is 0.339 e. The summed E-state index contributed by atoms with van der Waals surface area (Å²) in [6.45, 7) is 0. The Kier molecular flexibility index (Phi) is 4.44. The Morgan fingerprint density at radius 3 is 2.60 bits per heavy atom. The van der Waals surface area contributed by atoms with Crippen molar-refractivity contribution in [1.29, 1.82) is 0 Å². The van der Waals surface area contributed by atoms with Crippen molar-refractivity contribution in [2.45, 2.75) is 0 Å². The molecule has 0 spiro atoms. The van der Waals surface area contributed by atoms with Crippen LogP contribution in [-0.4, -0.2) is 5.97 Å². The van der Waals surface area contributed by atoms with Gasteiger partial charge in [0.25, 0.3) is 0 Å². The number of para-hydroxylation sites is 1. The Labute approximate surface area is 114 Å². The maximum absolute atomic E-state index is 13.3. The van der Waals surface area contributed by atoms with Gasteiger partial charge in [-0.2, -0.15) is 0 Å². The average Bonchev–Trinajstić information content (AvgIpc) is 2.47. The van der Waals surface area contributed by atoms with Crippen LogP contribution in [0.2, 0.25) is 0 Å². The van der Waals surface area contributed by atoms with Crippen LogP contribution in [0, 0.1) is 11.6 Å². The van der Waals surface area contributed by atoms with Crippen molar-refractivity contribution < 1.29 is 18.4 Å². The lowest BCUT2D eigenvalue weighted by Crippen LogP contribution is -2.07. The predicted octanol–water partition coefficient (Wildman–Crippen LogP) is 3.55. The van der Waals surface area contributed by atoms with Crippen LogP contribution in [0.25, 0.3) is 6.08 Å². The molecule has 0 unspecified atom stereocenters. The Hall–Kier alpha value is -2.69. The number of benzene rings is 2. The first kappa shape index (κ1) is 13.7. The van der Waals surface area contributed by atoms with Crippen LogP contribution in [0.1, 0.15) is 5.56 Å². The number of hydrogen-bond donors (Lipinski definition) is 1. The molecule has 0 radical (unpaired) electrons. The van der Waals surface area contributed by atoms with Gasteiger partial charge in [-0.05, 0) is 36.4 Å². The molecule has 0 saturated carbocycles. The van der Waals surface area contributed by atoms with Gasteiger partial charge in [-0.1, -0.05) is 18.2 Å². The van der Waals surface area contributed by atoms with Gasteiger partial charge in [-0.25, -0.2) is 19.1 Å². The monoisotopic (exact) mass is 275 g/mol. The number of halogens is 2. The highest BCUT2D eigenvalue weighted by atomic mass is 19.1. The highest BCUT2D eigenvalue weighted by Gasteiger charge is 2.02. The largest absolute Gasteiger partial charge is 0.355 e. The van der Waals surface area contributed by atoms with Crippen molar-refractivity contribution in [3.05, 3.63) is 71.8 Å². The van der Waals surface area contributed by atoms with E-state index in [0.29, 0.717) is 5.69 Å². The lowest BCUT2D eigenvalue weighted by Gasteiger charge is -2.03. The van der Waals surface area contributed by atoms with E-state index in [1.807, 2.05) is 6.07 Å². The molecule has 0 aliphatic carbocycles. The van der Waals surface area contributed by atoms with E-state index in [1.54, 1.807) is 24.3 Å². The van der Waals surface area contributed by atoms with E-state index in [4.69, 9.17) is 4.84 Å². The summed E-state index contributed by atoms with van der Waals surface area (Å²) in [5.74, 6) is -1.93. The summed E-state index contributed by atoms with van der Waals surface area (Å²) >= 11 is 0. The highest BCUT2D eigenvalue weighted by Crippen LogP contribution is 2.11. The lowest BCUT2D eigenvalue weighted by atomic mass is 10.2. The van der Waals surface area contributed by atoms with Crippen LogP contribution in [0.15, 0.2) is 54.6 Å². The first-order chi connectivity index (χ1) is 9.65. The molecule has 3 nitrogen and oxygen atoms in total. The number of carbonyl (C=O) groups is 1. The highest BCUT2D eigenvalue weighted by molar-refractivity contribution is 5.87. The fourth-order valence-electron chi connectivity index (χ4n) is 1.45. The summed E-state index contributed by atoms with van der Waals surface area (Å²) in [6.07, 6.45) is 2.15. The third-order valence-corrected chi connectivity index (χ3v) is 2.40. The van der Waals surface area contributed by atoms with E-state index in [1.165, 1.54) is 0 Å². The zero-order valence-corrected chi connectivity index (χ0v) is 10.3. The molecule has 0 atom stereocenters. The molecule has 0 amide bonds. The maximum atomic E-state index is 13.3. The zero-order valence-electron chi connectivity index (χ0n) is 10.3. The fourth-order valence-corrected chi connectivity index (χ4v) is 1.45. The molecule has 0 fully saturated rings. The van der Waals surface area contributed by atoms with Crippen molar-refractivity contribution in [3.63, 3.8) is 0 Å². The third-order valence-electron chi connectivity index (χ3n) is 2.40. The van der Waals surface area contributed by atoms with E-state index < -0.39 is 17.6 Å². The first-order valence-electron chi connectivity index (χ1n) is 5.80. The Morgan fingerprint density at radius 1 is 1.10 bits per heavy atom. The van der Waals surface area contributed by atoms with Crippen LogP contribution in [0.4, 0.5) is 14.5 Å². The topological polar surface area (TPSA) is 38.3 Å². The number of hydrogen-bond acceptors (Lipinski definition) is 3. The lowest BCUT2D eigenvalue weighted by molar-refractivity contribution is -0.134. The van der Waals surface area contributed by atoms with Crippen LogP contribution < -0.4 is 5.48 Å². The van der Waals surface area contributed by atoms with Gasteiger partial charge in [0.05, 0.1) is 5.69 Å². The van der Waals surface area contributed by atoms with Crippen molar-refractivity contribution >= 4 is 17.7 Å². The molecule has 20 heavy (non-hydrogen) atoms. The van der Waals surface area contributed by atoms with Crippen molar-refractivity contribution in [3.8, 4) is 0 Å². The number of carbonyl (C=O) groups excluding carboxylic acids is 1. The molecule has 102 valence electrons. The van der Waals surface area contributed by atoms with Crippen LogP contribution >= 0.6 is 0 Å². The standard InChI is InChI=1S/C15H11F2NO2/c16-12-7-8-14(17)11(10-12)6-9-15(19)20-18-13-4-2-1-3-5-13/h1-10,18H/b9-6+. The molecule has 2 aromatic rings. The molecule has 0 bridgehead atoms. The van der Waals surface area contributed by atoms with E-state index >= 15 is 0 Å². The number of nitrogens with one attached hydrogen (secondary N) is 1. The molecule has 2 rings (SSSR count). The summed E-state index contributed by atoms with van der Waals surface area (Å²) < 4.78 is 26.2. The van der Waals surface area contributed by atoms with E-state index in [0.717, 1.165) is 30.4 Å². The average molecular weight is 275 g/mol. The van der Waals surface area contributed by atoms with Crippen molar-refractivity contribution in [2.24, 2.45) is 0 Å². The van der Waals surface area contributed by atoms with Gasteiger partial charge in [0.2, 0.25) is 0 Å². The summed E-state index contributed by atoms with van der Waals surface area (Å²) in [7, 11) is 0. The SMILES string of the molecule is O=C(/C=C/c1cc(F)ccc1F)ONc1ccccc1. The zero-order chi connectivity index (χ0) is 14.4. The molecular formula is C15H11F2NO2. The van der Waals surface area contributed by atoms with Gasteiger partial charge in [0, 0.05) is 11.6 Å². The second-order valence-electron chi connectivity index (χ2n) is 3.89. The van der Waals surface area contributed by atoms with E-state index in [2.05, 4.69) is 5.48 Å². The van der Waals surface area contributed by atoms with Crippen molar-refractivity contribution in [1.82, 2.24) is 0 Å². The molecule has 1 N–H and O–H groups in total. The summed E-state index contributed by atoms with van der Waals surface area (Å²) in [4.78, 5) is 16.1. The number of rotatable bonds is 4. The summed E-state index contributed by atoms with van der Waals surface area (Å²) in [5.41, 5.74) is 3.01. The van der Waals surface area contributed by atoms with Gasteiger partial charge in [0.15, 0.2) is 0 Å². The minimum atomic E-state index is -0.725. The minimum absolute atomic E-state index is 0.0262. The second-order valence-corrected chi connectivity index (χ2v) is 3.89. The van der Waals surface area contributed by atoms with Crippen LogP contribution in [0.3, 0.4) is 0 Å². The van der Waals surface area contributed by atoms with Crippen molar-refractivity contribution in [2.75, 3.05) is 5.48 Å². The molecule has 5 heteroatoms. The molecule has 0 aromatic heterocycles. The second kappa shape index (κ2) is 6.47. The molecule has 0 heterocycles. The predicted molar refractivity (Wildman–Crippen MR) is 71.5 cm³/mol. The van der Waals surface area contributed by atoms with E-state index in [9.17, 15) is 13.6 Å². The summed E-state index contributed by atoms with van der Waals surface area (Å²) in [5, 5.41) is 0.